The lowest BCUT2D eigenvalue weighted by Crippen LogP contribution is -2.32. The van der Waals surface area contributed by atoms with Crippen LogP contribution < -0.4 is 0 Å². The number of ether oxygens (including phenoxy) is 1. The summed E-state index contributed by atoms with van der Waals surface area (Å²) in [5.41, 5.74) is -0.270. The van der Waals surface area contributed by atoms with Gasteiger partial charge in [0.25, 0.3) is 0 Å². The number of cyclic esters (lactones) is 1. The third kappa shape index (κ3) is 2.44. The number of hydrogen-bond acceptors (Lipinski definition) is 2. The van der Waals surface area contributed by atoms with Crippen molar-refractivity contribution in [1.82, 2.24) is 0 Å². The summed E-state index contributed by atoms with van der Waals surface area (Å²) in [7, 11) is 0. The fourth-order valence-corrected chi connectivity index (χ4v) is 4.13. The predicted octanol–water partition coefficient (Wildman–Crippen LogP) is 4.18. The number of hydrogen-bond donors (Lipinski definition) is 0. The number of rotatable bonds is 0. The first-order chi connectivity index (χ1) is 8.25. The second-order valence-corrected chi connectivity index (χ2v) is 7.79. The molecular weight excluding hydrogens is 224 g/mol. The van der Waals surface area contributed by atoms with E-state index in [9.17, 15) is 4.79 Å². The zero-order chi connectivity index (χ0) is 13.6. The molecule has 3 atom stereocenters. The molecule has 2 heteroatoms. The Bertz CT molecular complexity index is 329. The van der Waals surface area contributed by atoms with Crippen LogP contribution >= 0.6 is 0 Å². The van der Waals surface area contributed by atoms with Crippen molar-refractivity contribution in [1.29, 1.82) is 0 Å². The van der Waals surface area contributed by atoms with E-state index in [0.717, 1.165) is 24.7 Å². The van der Waals surface area contributed by atoms with Crippen molar-refractivity contribution in [3.8, 4) is 0 Å². The lowest BCUT2D eigenvalue weighted by Gasteiger charge is -2.29. The van der Waals surface area contributed by atoms with Gasteiger partial charge >= 0.3 is 5.97 Å². The average Bonchev–Trinajstić information content (AvgIpc) is 2.79. The summed E-state index contributed by atoms with van der Waals surface area (Å²) in [6, 6.07) is 0. The summed E-state index contributed by atoms with van der Waals surface area (Å²) in [5, 5.41) is 0. The topological polar surface area (TPSA) is 26.3 Å². The molecule has 104 valence electrons. The Hall–Kier alpha value is -0.530. The first-order valence-electron chi connectivity index (χ1n) is 7.49. The Kier molecular flexibility index (Phi) is 3.50. The van der Waals surface area contributed by atoms with Gasteiger partial charge in [-0.05, 0) is 50.9 Å². The normalized spacial score (nSPS) is 40.0. The van der Waals surface area contributed by atoms with Gasteiger partial charge in [0.05, 0.1) is 5.41 Å². The van der Waals surface area contributed by atoms with E-state index in [2.05, 4.69) is 20.8 Å². The van der Waals surface area contributed by atoms with Crippen LogP contribution in [0.15, 0.2) is 0 Å². The van der Waals surface area contributed by atoms with Gasteiger partial charge in [0, 0.05) is 6.42 Å². The second kappa shape index (κ2) is 4.54. The van der Waals surface area contributed by atoms with Gasteiger partial charge in [0.2, 0.25) is 0 Å². The van der Waals surface area contributed by atoms with Gasteiger partial charge in [-0.15, -0.1) is 0 Å². The van der Waals surface area contributed by atoms with Crippen molar-refractivity contribution in [3.05, 3.63) is 0 Å². The van der Waals surface area contributed by atoms with Gasteiger partial charge in [0.1, 0.15) is 5.60 Å². The van der Waals surface area contributed by atoms with Gasteiger partial charge < -0.3 is 4.74 Å². The van der Waals surface area contributed by atoms with E-state index < -0.39 is 0 Å². The van der Waals surface area contributed by atoms with Crippen molar-refractivity contribution >= 4 is 5.97 Å². The van der Waals surface area contributed by atoms with Crippen LogP contribution in [0.4, 0.5) is 0 Å². The van der Waals surface area contributed by atoms with E-state index in [-0.39, 0.29) is 17.0 Å². The first kappa shape index (κ1) is 13.9. The summed E-state index contributed by atoms with van der Waals surface area (Å²) in [6.07, 6.45) is 5.96. The van der Waals surface area contributed by atoms with E-state index in [4.69, 9.17) is 4.74 Å². The molecule has 0 amide bonds. The van der Waals surface area contributed by atoms with Crippen molar-refractivity contribution in [2.24, 2.45) is 23.2 Å². The van der Waals surface area contributed by atoms with Gasteiger partial charge in [-0.25, -0.2) is 0 Å². The second-order valence-electron chi connectivity index (χ2n) is 7.79. The van der Waals surface area contributed by atoms with Crippen LogP contribution in [0.3, 0.4) is 0 Å². The van der Waals surface area contributed by atoms with Crippen LogP contribution in [0.1, 0.15) is 66.7 Å². The lowest BCUT2D eigenvalue weighted by atomic mass is 9.69. The Balaban J connectivity index is 0.000000267. The number of esters is 1. The van der Waals surface area contributed by atoms with Crippen molar-refractivity contribution < 1.29 is 9.53 Å². The molecule has 0 N–H and O–H groups in total. The van der Waals surface area contributed by atoms with Crippen LogP contribution in [0.25, 0.3) is 0 Å². The SMILES string of the molecule is CC(C)C.CC1(C)CC2(CC3CCC2C3)C(=O)O1. The smallest absolute Gasteiger partial charge is 0.313 e. The fourth-order valence-electron chi connectivity index (χ4n) is 4.13. The van der Waals surface area contributed by atoms with Crippen LogP contribution in [-0.4, -0.2) is 11.6 Å². The molecule has 3 fully saturated rings. The van der Waals surface area contributed by atoms with Crippen molar-refractivity contribution in [2.75, 3.05) is 0 Å². The Morgan fingerprint density at radius 2 is 1.83 bits per heavy atom. The molecule has 0 aromatic carbocycles. The molecule has 1 saturated heterocycles. The standard InChI is InChI=1S/C12H18O2.C4H10/c1-11(2)7-12(10(13)14-11)6-8-3-4-9(12)5-8;1-4(2)3/h8-9H,3-7H2,1-2H3;4H,1-3H3. The molecule has 0 aromatic rings. The maximum Gasteiger partial charge on any atom is 0.313 e. The van der Waals surface area contributed by atoms with Crippen LogP contribution in [0.2, 0.25) is 0 Å². The number of carbonyl (C=O) groups is 1. The highest BCUT2D eigenvalue weighted by Crippen LogP contribution is 2.62. The summed E-state index contributed by atoms with van der Waals surface area (Å²) in [4.78, 5) is 12.0. The molecule has 0 radical (unpaired) electrons. The third-order valence-electron chi connectivity index (χ3n) is 4.49. The lowest BCUT2D eigenvalue weighted by molar-refractivity contribution is -0.154. The quantitative estimate of drug-likeness (QED) is 0.604. The van der Waals surface area contributed by atoms with Crippen molar-refractivity contribution in [3.63, 3.8) is 0 Å². The van der Waals surface area contributed by atoms with Crippen LogP contribution in [-0.2, 0) is 9.53 Å². The van der Waals surface area contributed by atoms with E-state index >= 15 is 0 Å². The van der Waals surface area contributed by atoms with E-state index in [0.29, 0.717) is 5.92 Å². The molecular formula is C16H28O2. The molecule has 3 rings (SSSR count). The molecule has 1 aliphatic heterocycles. The van der Waals surface area contributed by atoms with Crippen LogP contribution in [0.5, 0.6) is 0 Å². The molecule has 2 aliphatic carbocycles. The molecule has 2 nitrogen and oxygen atoms in total. The zero-order valence-corrected chi connectivity index (χ0v) is 12.6. The molecule has 2 saturated carbocycles. The molecule has 3 unspecified atom stereocenters. The maximum atomic E-state index is 12.0. The molecule has 1 heterocycles. The summed E-state index contributed by atoms with van der Waals surface area (Å²) in [5.74, 6) is 2.40. The monoisotopic (exact) mass is 252 g/mol. The summed E-state index contributed by atoms with van der Waals surface area (Å²) in [6.45, 7) is 10.6. The summed E-state index contributed by atoms with van der Waals surface area (Å²) < 4.78 is 5.50. The third-order valence-corrected chi connectivity index (χ3v) is 4.49. The first-order valence-corrected chi connectivity index (χ1v) is 7.49. The van der Waals surface area contributed by atoms with Gasteiger partial charge in [-0.1, -0.05) is 27.2 Å². The molecule has 18 heavy (non-hydrogen) atoms. The summed E-state index contributed by atoms with van der Waals surface area (Å²) >= 11 is 0. The predicted molar refractivity (Wildman–Crippen MR) is 73.2 cm³/mol. The van der Waals surface area contributed by atoms with Gasteiger partial charge in [-0.2, -0.15) is 0 Å². The fraction of sp³-hybridized carbons (Fsp3) is 0.938. The van der Waals surface area contributed by atoms with E-state index in [1.807, 2.05) is 13.8 Å². The highest BCUT2D eigenvalue weighted by Gasteiger charge is 2.62. The van der Waals surface area contributed by atoms with Gasteiger partial charge in [-0.3, -0.25) is 4.79 Å². The molecule has 1 spiro atoms. The molecule has 2 bridgehead atoms. The zero-order valence-electron chi connectivity index (χ0n) is 12.6. The minimum atomic E-state index is -0.207. The van der Waals surface area contributed by atoms with Crippen molar-refractivity contribution in [2.45, 2.75) is 72.3 Å². The van der Waals surface area contributed by atoms with E-state index in [1.54, 1.807) is 0 Å². The Labute approximate surface area is 111 Å². The Morgan fingerprint density at radius 3 is 2.17 bits per heavy atom. The molecule has 0 aromatic heterocycles. The minimum absolute atomic E-state index is 0.0631. The Morgan fingerprint density at radius 1 is 1.22 bits per heavy atom. The number of carbonyl (C=O) groups excluding carboxylic acids is 1. The largest absolute Gasteiger partial charge is 0.459 e. The average molecular weight is 252 g/mol. The minimum Gasteiger partial charge on any atom is -0.459 e. The maximum absolute atomic E-state index is 12.0. The highest BCUT2D eigenvalue weighted by atomic mass is 16.6. The van der Waals surface area contributed by atoms with Gasteiger partial charge in [0.15, 0.2) is 0 Å². The van der Waals surface area contributed by atoms with Crippen LogP contribution in [0, 0.1) is 23.2 Å². The molecule has 3 aliphatic rings. The highest BCUT2D eigenvalue weighted by molar-refractivity contribution is 5.80. The van der Waals surface area contributed by atoms with E-state index in [1.165, 1.54) is 19.3 Å². The number of fused-ring (bicyclic) bond motifs is 3.